The Balaban J connectivity index is 0.000000245. The summed E-state index contributed by atoms with van der Waals surface area (Å²) in [4.78, 5) is 21.8. The molecule has 12 heteroatoms. The second kappa shape index (κ2) is 22.0. The van der Waals surface area contributed by atoms with Crippen molar-refractivity contribution in [1.29, 1.82) is 0 Å². The summed E-state index contributed by atoms with van der Waals surface area (Å²) in [5.41, 5.74) is 12.3. The summed E-state index contributed by atoms with van der Waals surface area (Å²) in [5, 5.41) is 0. The fourth-order valence-electron chi connectivity index (χ4n) is 11.6. The second-order valence-corrected chi connectivity index (χ2v) is 24.1. The van der Waals surface area contributed by atoms with Crippen LogP contribution >= 0.6 is 15.6 Å². The monoisotopic (exact) mass is 1090 g/mol. The van der Waals surface area contributed by atoms with Gasteiger partial charge in [0, 0.05) is 70.4 Å². The molecule has 4 aliphatic rings. The first-order valence-electron chi connectivity index (χ1n) is 24.6. The van der Waals surface area contributed by atoms with E-state index in [1.807, 2.05) is 0 Å². The summed E-state index contributed by atoms with van der Waals surface area (Å²) in [6.45, 7) is 23.7. The van der Waals surface area contributed by atoms with Crippen LogP contribution in [0, 0.1) is 68.5 Å². The maximum absolute atomic E-state index is 13.5. The minimum Gasteiger partial charge on any atom is -0.412 e. The largest absolute Gasteiger partial charge is 0.584 e. The van der Waals surface area contributed by atoms with Crippen LogP contribution in [-0.4, -0.2) is 15.3 Å². The molecule has 2 aliphatic heterocycles. The number of hydrogen-bond acceptors (Lipinski definition) is 6. The molecule has 0 amide bonds. The first-order chi connectivity index (χ1) is 30.6. The van der Waals surface area contributed by atoms with E-state index in [4.69, 9.17) is 18.1 Å². The Morgan fingerprint density at radius 1 is 0.582 bits per heavy atom. The summed E-state index contributed by atoms with van der Waals surface area (Å²) in [6, 6.07) is 16.9. The van der Waals surface area contributed by atoms with Crippen molar-refractivity contribution in [2.24, 2.45) is 0 Å². The van der Waals surface area contributed by atoms with Crippen LogP contribution in [0.3, 0.4) is 0 Å². The minimum absolute atomic E-state index is 0. The Morgan fingerprint density at radius 2 is 0.955 bits per heavy atom. The second-order valence-electron chi connectivity index (χ2n) is 21.5. The zero-order valence-corrected chi connectivity index (χ0v) is 47.2. The number of phosphoric ester groups is 2. The molecule has 2 heterocycles. The van der Waals surface area contributed by atoms with Gasteiger partial charge >= 0.3 is 15.6 Å². The average molecular weight is 1090 g/mol. The summed E-state index contributed by atoms with van der Waals surface area (Å²) >= 11 is 0. The van der Waals surface area contributed by atoms with Gasteiger partial charge in [-0.1, -0.05) is 171 Å². The fourth-order valence-corrected chi connectivity index (χ4v) is 13.5. The van der Waals surface area contributed by atoms with Gasteiger partial charge in [-0.05, 0) is 116 Å². The molecule has 2 saturated carbocycles. The van der Waals surface area contributed by atoms with E-state index >= 15 is 0 Å². The van der Waals surface area contributed by atoms with Crippen molar-refractivity contribution in [2.45, 2.75) is 201 Å². The Hall–Kier alpha value is -2.23. The smallest absolute Gasteiger partial charge is 0.412 e. The Labute approximate surface area is 435 Å². The van der Waals surface area contributed by atoms with Crippen molar-refractivity contribution < 1.29 is 83.3 Å². The summed E-state index contributed by atoms with van der Waals surface area (Å²) in [6.07, 6.45) is 16.7. The SMILES string of the molecule is CCCC(C)c1cc(C)cc2c1OP(=O)(O)Oc1c(cc(C)cc1C(C)(C)CCC)C2.Cc1cc2c(c(C3(C)CCCCC3)c1)OP(=O)(O)Oc1c(cc(C)cc1C1(C)CCCCC1)C2.O.[Nd]. The van der Waals surface area contributed by atoms with Gasteiger partial charge in [0.1, 0.15) is 23.0 Å². The van der Waals surface area contributed by atoms with E-state index in [1.54, 1.807) is 0 Å². The third kappa shape index (κ3) is 12.6. The minimum atomic E-state index is -4.37. The zero-order valence-electron chi connectivity index (χ0n) is 42.2. The molecule has 0 aromatic heterocycles. The van der Waals surface area contributed by atoms with Gasteiger partial charge in [0.25, 0.3) is 0 Å². The molecule has 0 radical (unpaired) electrons. The molecule has 4 aromatic rings. The van der Waals surface area contributed by atoms with Gasteiger partial charge in [0.05, 0.1) is 0 Å². The van der Waals surface area contributed by atoms with E-state index in [1.165, 1.54) is 49.7 Å². The van der Waals surface area contributed by atoms with Crippen LogP contribution in [0.2, 0.25) is 0 Å². The van der Waals surface area contributed by atoms with Crippen molar-refractivity contribution in [3.05, 3.63) is 115 Å². The maximum atomic E-state index is 13.5. The van der Waals surface area contributed by atoms with Crippen molar-refractivity contribution in [3.8, 4) is 23.0 Å². The predicted molar refractivity (Wildman–Crippen MR) is 268 cm³/mol. The van der Waals surface area contributed by atoms with E-state index < -0.39 is 15.6 Å². The molecule has 0 spiro atoms. The number of aryl methyl sites for hydroxylation is 4. The molecule has 2 atom stereocenters. The van der Waals surface area contributed by atoms with Gasteiger partial charge < -0.3 is 23.6 Å². The van der Waals surface area contributed by atoms with Crippen LogP contribution in [0.5, 0.6) is 23.0 Å². The topological polar surface area (TPSA) is 143 Å². The van der Waals surface area contributed by atoms with Gasteiger partial charge in [0.15, 0.2) is 0 Å². The standard InChI is InChI=1S/C29H39O4P.C26H37O4P.Nd.H2O/c1-20-15-22-19-23-16-21(2)18-25(29(4)13-9-6-10-14-29)27(23)33-34(30,31)32-26(22)24(17-20)28(3)11-7-5-8-12-28;1-8-10-19(5)22-14-17(3)12-20-16-21-13-18(4)15-23(26(6,7)11-9-2)25(21)30-31(27,28)29-24(20)22;;/h15-18H,5-14,19H2,1-4H3,(H,30,31);12-15,19H,8-11,16H2,1-7H3,(H,27,28);;1H2. The molecular formula is C55H78NdO9P2. The van der Waals surface area contributed by atoms with Crippen molar-refractivity contribution in [2.75, 3.05) is 0 Å². The normalized spacial score (nSPS) is 20.6. The Bertz CT molecular complexity index is 2420. The van der Waals surface area contributed by atoms with Crippen LogP contribution < -0.4 is 18.1 Å². The van der Waals surface area contributed by atoms with Crippen LogP contribution in [0.4, 0.5) is 0 Å². The van der Waals surface area contributed by atoms with Crippen molar-refractivity contribution in [3.63, 3.8) is 0 Å². The van der Waals surface area contributed by atoms with Gasteiger partial charge in [-0.3, -0.25) is 9.79 Å². The van der Waals surface area contributed by atoms with Crippen molar-refractivity contribution >= 4 is 15.6 Å². The van der Waals surface area contributed by atoms with Crippen molar-refractivity contribution in [1.82, 2.24) is 0 Å². The first-order valence-corrected chi connectivity index (χ1v) is 27.5. The van der Waals surface area contributed by atoms with E-state index in [-0.39, 0.29) is 68.5 Å². The molecule has 2 unspecified atom stereocenters. The van der Waals surface area contributed by atoms with Gasteiger partial charge in [-0.25, -0.2) is 9.13 Å². The predicted octanol–water partition coefficient (Wildman–Crippen LogP) is 15.1. The molecular weight excluding hydrogens is 1010 g/mol. The van der Waals surface area contributed by atoms with Gasteiger partial charge in [-0.2, -0.15) is 0 Å². The zero-order chi connectivity index (χ0) is 47.1. The molecule has 67 heavy (non-hydrogen) atoms. The van der Waals surface area contributed by atoms with E-state index in [9.17, 15) is 18.9 Å². The summed E-state index contributed by atoms with van der Waals surface area (Å²) in [7, 11) is -8.72. The summed E-state index contributed by atoms with van der Waals surface area (Å²) in [5.74, 6) is 2.38. The third-order valence-electron chi connectivity index (χ3n) is 14.9. The van der Waals surface area contributed by atoms with Crippen LogP contribution in [0.15, 0.2) is 48.5 Å². The Morgan fingerprint density at radius 3 is 1.39 bits per heavy atom. The summed E-state index contributed by atoms with van der Waals surface area (Å²) < 4.78 is 50.2. The number of phosphoric acid groups is 2. The molecule has 8 rings (SSSR count). The molecule has 366 valence electrons. The number of benzene rings is 4. The van der Waals surface area contributed by atoms with Crippen LogP contribution in [0.1, 0.15) is 211 Å². The fraction of sp³-hybridized carbons (Fsp3) is 0.564. The average Bonchev–Trinajstić information content (AvgIpc) is 3.21. The van der Waals surface area contributed by atoms with Crippen LogP contribution in [-0.2, 0) is 38.2 Å². The first kappa shape index (κ1) is 55.7. The van der Waals surface area contributed by atoms with E-state index in [0.717, 1.165) is 107 Å². The quantitative estimate of drug-likeness (QED) is 0.166. The molecule has 9 nitrogen and oxygen atoms in total. The molecule has 2 fully saturated rings. The maximum Gasteiger partial charge on any atom is 0.584 e. The Kier molecular flexibility index (Phi) is 18.3. The molecule has 4 aromatic carbocycles. The molecule has 2 aliphatic carbocycles. The van der Waals surface area contributed by atoms with Gasteiger partial charge in [0.2, 0.25) is 0 Å². The number of rotatable bonds is 8. The van der Waals surface area contributed by atoms with Gasteiger partial charge in [-0.15, -0.1) is 0 Å². The number of hydrogen-bond donors (Lipinski definition) is 2. The molecule has 0 saturated heterocycles. The van der Waals surface area contributed by atoms with Crippen LogP contribution in [0.25, 0.3) is 0 Å². The molecule has 0 bridgehead atoms. The number of fused-ring (bicyclic) bond motifs is 4. The third-order valence-corrected chi connectivity index (χ3v) is 16.6. The van der Waals surface area contributed by atoms with E-state index in [0.29, 0.717) is 35.8 Å². The molecule has 4 N–H and O–H groups in total. The van der Waals surface area contributed by atoms with E-state index in [2.05, 4.69) is 125 Å².